The van der Waals surface area contributed by atoms with E-state index in [0.29, 0.717) is 5.69 Å². The quantitative estimate of drug-likeness (QED) is 0.408. The van der Waals surface area contributed by atoms with Crippen molar-refractivity contribution in [3.63, 3.8) is 0 Å². The van der Waals surface area contributed by atoms with Gasteiger partial charge < -0.3 is 15.1 Å². The van der Waals surface area contributed by atoms with Gasteiger partial charge in [-0.25, -0.2) is 20.4 Å². The van der Waals surface area contributed by atoms with Crippen molar-refractivity contribution in [2.24, 2.45) is 5.84 Å². The van der Waals surface area contributed by atoms with E-state index in [4.69, 9.17) is 10.9 Å². The topological polar surface area (TPSA) is 127 Å². The van der Waals surface area contributed by atoms with Crippen molar-refractivity contribution in [3.8, 4) is 0 Å². The molecule has 0 bridgehead atoms. The van der Waals surface area contributed by atoms with Crippen molar-refractivity contribution in [3.05, 3.63) is 30.3 Å². The highest BCUT2D eigenvalue weighted by atomic mass is 16.4. The lowest BCUT2D eigenvalue weighted by Gasteiger charge is -2.38. The Bertz CT molecular complexity index is 579. The van der Waals surface area contributed by atoms with Gasteiger partial charge in [0.2, 0.25) is 0 Å². The lowest BCUT2D eigenvalue weighted by molar-refractivity contribution is -0.125. The number of benzene rings is 1. The van der Waals surface area contributed by atoms with Crippen LogP contribution in [0.4, 0.5) is 15.3 Å². The Balaban J connectivity index is 2.22. The van der Waals surface area contributed by atoms with Gasteiger partial charge in [0, 0.05) is 13.1 Å². The number of hydrazine groups is 1. The number of amides is 3. The first kappa shape index (κ1) is 15.6. The zero-order valence-electron chi connectivity index (χ0n) is 11.6. The van der Waals surface area contributed by atoms with Crippen molar-refractivity contribution in [1.82, 2.24) is 9.80 Å². The second-order valence-electron chi connectivity index (χ2n) is 4.76. The molecular weight excluding hydrogens is 292 g/mol. The standard InChI is InChI=1S/C13H16N4O5/c14-17(9-4-2-1-3-5-9)11(18)10-8-15(12(19)20)6-7-16(10)13(21)22/h1-5,10H,6-8,14H2,(H,19,20)(H,21,22). The average molecular weight is 308 g/mol. The molecule has 0 spiro atoms. The van der Waals surface area contributed by atoms with Crippen LogP contribution in [0.5, 0.6) is 0 Å². The van der Waals surface area contributed by atoms with Crippen LogP contribution in [-0.4, -0.2) is 63.8 Å². The van der Waals surface area contributed by atoms with Gasteiger partial charge >= 0.3 is 12.2 Å². The third-order valence-electron chi connectivity index (χ3n) is 3.45. The minimum absolute atomic E-state index is 0.0152. The fourth-order valence-electron chi connectivity index (χ4n) is 2.27. The van der Waals surface area contributed by atoms with Crippen LogP contribution >= 0.6 is 0 Å². The van der Waals surface area contributed by atoms with Crippen LogP contribution in [0, 0.1) is 0 Å². The van der Waals surface area contributed by atoms with E-state index in [2.05, 4.69) is 0 Å². The Morgan fingerprint density at radius 2 is 1.73 bits per heavy atom. The van der Waals surface area contributed by atoms with Gasteiger partial charge in [-0.3, -0.25) is 9.69 Å². The third-order valence-corrected chi connectivity index (χ3v) is 3.45. The molecule has 1 aliphatic rings. The molecule has 1 saturated heterocycles. The fourth-order valence-corrected chi connectivity index (χ4v) is 2.27. The summed E-state index contributed by atoms with van der Waals surface area (Å²) in [6, 6.07) is 7.14. The molecule has 1 unspecified atom stereocenters. The lowest BCUT2D eigenvalue weighted by Crippen LogP contribution is -2.62. The first-order valence-electron chi connectivity index (χ1n) is 6.53. The van der Waals surface area contributed by atoms with Crippen molar-refractivity contribution >= 4 is 23.8 Å². The molecule has 1 atom stereocenters. The second-order valence-corrected chi connectivity index (χ2v) is 4.76. The number of nitrogens with two attached hydrogens (primary N) is 1. The van der Waals surface area contributed by atoms with Crippen molar-refractivity contribution in [2.75, 3.05) is 24.6 Å². The summed E-state index contributed by atoms with van der Waals surface area (Å²) < 4.78 is 0. The molecule has 4 N–H and O–H groups in total. The van der Waals surface area contributed by atoms with Gasteiger partial charge in [-0.15, -0.1) is 0 Å². The average Bonchev–Trinajstić information content (AvgIpc) is 2.53. The Labute approximate surface area is 126 Å². The van der Waals surface area contributed by atoms with Crippen LogP contribution in [0.3, 0.4) is 0 Å². The predicted molar refractivity (Wildman–Crippen MR) is 76.2 cm³/mol. The van der Waals surface area contributed by atoms with Crippen LogP contribution in [-0.2, 0) is 4.79 Å². The van der Waals surface area contributed by atoms with E-state index in [1.54, 1.807) is 30.3 Å². The number of anilines is 1. The summed E-state index contributed by atoms with van der Waals surface area (Å²) in [6.07, 6.45) is -2.49. The lowest BCUT2D eigenvalue weighted by atomic mass is 10.1. The number of piperazine rings is 1. The predicted octanol–water partition coefficient (Wildman–Crippen LogP) is 0.236. The zero-order valence-corrected chi connectivity index (χ0v) is 11.6. The van der Waals surface area contributed by atoms with Gasteiger partial charge in [-0.2, -0.15) is 0 Å². The summed E-state index contributed by atoms with van der Waals surface area (Å²) in [7, 11) is 0. The minimum atomic E-state index is -1.29. The van der Waals surface area contributed by atoms with E-state index in [0.717, 1.165) is 14.8 Å². The first-order chi connectivity index (χ1) is 10.4. The van der Waals surface area contributed by atoms with Crippen molar-refractivity contribution in [1.29, 1.82) is 0 Å². The number of carbonyl (C=O) groups is 3. The van der Waals surface area contributed by atoms with E-state index in [9.17, 15) is 19.5 Å². The minimum Gasteiger partial charge on any atom is -0.465 e. The highest BCUT2D eigenvalue weighted by Gasteiger charge is 2.38. The molecule has 3 amide bonds. The van der Waals surface area contributed by atoms with E-state index in [1.165, 1.54) is 0 Å². The fraction of sp³-hybridized carbons (Fsp3) is 0.308. The molecule has 0 radical (unpaired) electrons. The number of para-hydroxylation sites is 1. The maximum Gasteiger partial charge on any atom is 0.408 e. The molecule has 9 heteroatoms. The molecule has 9 nitrogen and oxygen atoms in total. The van der Waals surface area contributed by atoms with E-state index in [1.807, 2.05) is 0 Å². The maximum atomic E-state index is 12.5. The van der Waals surface area contributed by atoms with Crippen molar-refractivity contribution < 1.29 is 24.6 Å². The van der Waals surface area contributed by atoms with E-state index >= 15 is 0 Å². The number of carbonyl (C=O) groups excluding carboxylic acids is 1. The summed E-state index contributed by atoms with van der Waals surface area (Å²) in [4.78, 5) is 36.7. The summed E-state index contributed by atoms with van der Waals surface area (Å²) in [5.41, 5.74) is 0.394. The van der Waals surface area contributed by atoms with Gasteiger partial charge in [0.05, 0.1) is 12.2 Å². The Hall–Kier alpha value is -2.81. The molecule has 1 heterocycles. The molecule has 1 aromatic rings. The van der Waals surface area contributed by atoms with E-state index < -0.39 is 24.1 Å². The summed E-state index contributed by atoms with van der Waals surface area (Å²) >= 11 is 0. The Morgan fingerprint density at radius 3 is 2.27 bits per heavy atom. The van der Waals surface area contributed by atoms with Crippen molar-refractivity contribution in [2.45, 2.75) is 6.04 Å². The van der Waals surface area contributed by atoms with Gasteiger partial charge in [0.15, 0.2) is 0 Å². The van der Waals surface area contributed by atoms with Gasteiger partial charge in [0.25, 0.3) is 5.91 Å². The number of hydrogen-bond acceptors (Lipinski definition) is 4. The maximum absolute atomic E-state index is 12.5. The normalized spacial score (nSPS) is 18.0. The molecule has 22 heavy (non-hydrogen) atoms. The second kappa shape index (κ2) is 6.31. The van der Waals surface area contributed by atoms with Gasteiger partial charge in [-0.1, -0.05) is 18.2 Å². The molecule has 0 aromatic heterocycles. The van der Waals surface area contributed by atoms with Crippen LogP contribution in [0.1, 0.15) is 0 Å². The Kier molecular flexibility index (Phi) is 4.47. The first-order valence-corrected chi connectivity index (χ1v) is 6.53. The largest absolute Gasteiger partial charge is 0.465 e. The number of rotatable bonds is 2. The molecule has 2 rings (SSSR count). The summed E-state index contributed by atoms with van der Waals surface area (Å²) in [5.74, 6) is 5.07. The molecule has 118 valence electrons. The smallest absolute Gasteiger partial charge is 0.408 e. The van der Waals surface area contributed by atoms with Crippen LogP contribution in [0.25, 0.3) is 0 Å². The molecule has 1 fully saturated rings. The molecular formula is C13H16N4O5. The number of nitrogens with zero attached hydrogens (tertiary/aromatic N) is 3. The highest BCUT2D eigenvalue weighted by Crippen LogP contribution is 2.16. The van der Waals surface area contributed by atoms with Gasteiger partial charge in [0.1, 0.15) is 6.04 Å². The molecule has 0 saturated carbocycles. The molecule has 1 aliphatic heterocycles. The summed E-state index contributed by atoms with van der Waals surface area (Å²) in [5, 5.41) is 19.0. The van der Waals surface area contributed by atoms with E-state index in [-0.39, 0.29) is 19.6 Å². The molecule has 0 aliphatic carbocycles. The third kappa shape index (κ3) is 3.09. The Morgan fingerprint density at radius 1 is 1.09 bits per heavy atom. The van der Waals surface area contributed by atoms with Gasteiger partial charge in [-0.05, 0) is 12.1 Å². The SMILES string of the molecule is NN(C(=O)C1CN(C(=O)O)CCN1C(=O)O)c1ccccc1. The van der Waals surface area contributed by atoms with Crippen LogP contribution in [0.2, 0.25) is 0 Å². The highest BCUT2D eigenvalue weighted by molar-refractivity contribution is 5.98. The monoisotopic (exact) mass is 308 g/mol. The molecule has 1 aromatic carbocycles. The summed E-state index contributed by atoms with van der Waals surface area (Å²) in [6.45, 7) is -0.316. The van der Waals surface area contributed by atoms with Crippen LogP contribution in [0.15, 0.2) is 30.3 Å². The number of hydrogen-bond donors (Lipinski definition) is 3. The van der Waals surface area contributed by atoms with Crippen LogP contribution < -0.4 is 10.9 Å². The zero-order chi connectivity index (χ0) is 16.3. The number of carboxylic acid groups (broad SMARTS) is 2.